The Morgan fingerprint density at radius 1 is 1.39 bits per heavy atom. The lowest BCUT2D eigenvalue weighted by atomic mass is 10.0. The third kappa shape index (κ3) is 3.61. The summed E-state index contributed by atoms with van der Waals surface area (Å²) in [7, 11) is 0. The average molecular weight is 283 g/mol. The molecule has 7 heteroatoms. The number of ether oxygens (including phenoxy) is 1. The van der Waals surface area contributed by atoms with Gasteiger partial charge in [0.1, 0.15) is 0 Å². The van der Waals surface area contributed by atoms with Crippen LogP contribution in [0.4, 0.5) is 13.2 Å². The van der Waals surface area contributed by atoms with Crippen molar-refractivity contribution in [2.75, 3.05) is 12.5 Å². The number of rotatable bonds is 5. The van der Waals surface area contributed by atoms with E-state index in [0.29, 0.717) is 0 Å². The highest BCUT2D eigenvalue weighted by molar-refractivity contribution is 6.17. The van der Waals surface area contributed by atoms with Crippen molar-refractivity contribution in [1.29, 1.82) is 0 Å². The number of halogens is 4. The monoisotopic (exact) mass is 282 g/mol. The topological polar surface area (TPSA) is 46.5 Å². The molecule has 0 radical (unpaired) electrons. The molecule has 0 aromatic heterocycles. The number of hydrogen-bond acceptors (Lipinski definition) is 2. The highest BCUT2D eigenvalue weighted by Crippen LogP contribution is 2.35. The number of aliphatic carboxylic acids is 1. The van der Waals surface area contributed by atoms with Crippen molar-refractivity contribution in [2.45, 2.75) is 12.3 Å². The van der Waals surface area contributed by atoms with E-state index in [9.17, 15) is 18.0 Å². The van der Waals surface area contributed by atoms with E-state index >= 15 is 0 Å². The third-order valence-electron chi connectivity index (χ3n) is 2.13. The number of carboxylic acid groups (broad SMARTS) is 1. The number of alkyl halides is 4. The van der Waals surface area contributed by atoms with Gasteiger partial charge in [-0.2, -0.15) is 13.2 Å². The van der Waals surface area contributed by atoms with E-state index in [1.807, 2.05) is 0 Å². The molecule has 0 amide bonds. The van der Waals surface area contributed by atoms with E-state index in [1.165, 1.54) is 12.1 Å². The first-order valence-corrected chi connectivity index (χ1v) is 5.48. The Hall–Kier alpha value is -1.27. The van der Waals surface area contributed by atoms with Crippen molar-refractivity contribution in [3.05, 3.63) is 35.4 Å². The summed E-state index contributed by atoms with van der Waals surface area (Å²) < 4.78 is 43.0. The number of benzene rings is 1. The van der Waals surface area contributed by atoms with E-state index in [1.54, 1.807) is 0 Å². The maximum atomic E-state index is 12.7. The highest BCUT2D eigenvalue weighted by atomic mass is 35.5. The Balaban J connectivity index is 3.16. The first kappa shape index (κ1) is 14.8. The molecule has 0 aliphatic heterocycles. The largest absolute Gasteiger partial charge is 0.479 e. The van der Waals surface area contributed by atoms with Crippen molar-refractivity contribution in [3.63, 3.8) is 0 Å². The molecule has 1 rings (SSSR count). The molecule has 100 valence electrons. The summed E-state index contributed by atoms with van der Waals surface area (Å²) >= 11 is 5.33. The third-order valence-corrected chi connectivity index (χ3v) is 2.29. The zero-order valence-electron chi connectivity index (χ0n) is 9.08. The molecule has 1 N–H and O–H groups in total. The second-order valence-corrected chi connectivity index (χ2v) is 3.74. The van der Waals surface area contributed by atoms with Gasteiger partial charge in [0.2, 0.25) is 0 Å². The van der Waals surface area contributed by atoms with E-state index in [4.69, 9.17) is 21.4 Å². The summed E-state index contributed by atoms with van der Waals surface area (Å²) in [5.41, 5.74) is -1.45. The minimum Gasteiger partial charge on any atom is -0.479 e. The Labute approximate surface area is 106 Å². The predicted molar refractivity (Wildman–Crippen MR) is 58.5 cm³/mol. The minimum absolute atomic E-state index is 0.00202. The molecule has 18 heavy (non-hydrogen) atoms. The van der Waals surface area contributed by atoms with Crippen LogP contribution in [0.5, 0.6) is 0 Å². The number of hydrogen-bond donors (Lipinski definition) is 1. The zero-order chi connectivity index (χ0) is 13.8. The van der Waals surface area contributed by atoms with Crippen LogP contribution in [-0.4, -0.2) is 23.6 Å². The summed E-state index contributed by atoms with van der Waals surface area (Å²) in [4.78, 5) is 10.9. The molecule has 1 unspecified atom stereocenters. The molecule has 0 saturated carbocycles. The second kappa shape index (κ2) is 6.06. The lowest BCUT2D eigenvalue weighted by Crippen LogP contribution is -2.21. The van der Waals surface area contributed by atoms with E-state index in [0.717, 1.165) is 12.1 Å². The molecule has 0 spiro atoms. The van der Waals surface area contributed by atoms with Gasteiger partial charge in [0, 0.05) is 11.4 Å². The molecule has 3 nitrogen and oxygen atoms in total. The molecule has 0 aliphatic carbocycles. The molecule has 1 atom stereocenters. The summed E-state index contributed by atoms with van der Waals surface area (Å²) in [6.07, 6.45) is -6.31. The van der Waals surface area contributed by atoms with Crippen LogP contribution in [0.25, 0.3) is 0 Å². The maximum Gasteiger partial charge on any atom is 0.416 e. The van der Waals surface area contributed by atoms with Crippen LogP contribution >= 0.6 is 11.6 Å². The van der Waals surface area contributed by atoms with Crippen molar-refractivity contribution in [2.24, 2.45) is 0 Å². The van der Waals surface area contributed by atoms with Gasteiger partial charge >= 0.3 is 12.1 Å². The molecular weight excluding hydrogens is 273 g/mol. The fourth-order valence-corrected chi connectivity index (χ4v) is 1.53. The lowest BCUT2D eigenvalue weighted by molar-refractivity contribution is -0.152. The zero-order valence-corrected chi connectivity index (χ0v) is 9.83. The van der Waals surface area contributed by atoms with Gasteiger partial charge in [-0.15, -0.1) is 11.6 Å². The summed E-state index contributed by atoms with van der Waals surface area (Å²) in [6.45, 7) is -0.148. The van der Waals surface area contributed by atoms with Crippen LogP contribution in [-0.2, 0) is 15.7 Å². The van der Waals surface area contributed by atoms with Crippen molar-refractivity contribution in [1.82, 2.24) is 0 Å². The normalized spacial score (nSPS) is 13.3. The maximum absolute atomic E-state index is 12.7. The molecule has 0 bridgehead atoms. The van der Waals surface area contributed by atoms with Gasteiger partial charge in [-0.25, -0.2) is 4.79 Å². The van der Waals surface area contributed by atoms with Crippen molar-refractivity contribution in [3.8, 4) is 0 Å². The average Bonchev–Trinajstić information content (AvgIpc) is 2.28. The van der Waals surface area contributed by atoms with Gasteiger partial charge in [-0.3, -0.25) is 0 Å². The van der Waals surface area contributed by atoms with Crippen molar-refractivity contribution < 1.29 is 27.8 Å². The van der Waals surface area contributed by atoms with Crippen LogP contribution in [0, 0.1) is 0 Å². The highest BCUT2D eigenvalue weighted by Gasteiger charge is 2.37. The summed E-state index contributed by atoms with van der Waals surface area (Å²) in [5, 5.41) is 8.91. The Bertz CT molecular complexity index is 420. The van der Waals surface area contributed by atoms with Gasteiger partial charge in [0.25, 0.3) is 0 Å². The van der Waals surface area contributed by atoms with E-state index in [-0.39, 0.29) is 12.5 Å². The molecular formula is C11H10ClF3O3. The van der Waals surface area contributed by atoms with Gasteiger partial charge in [-0.1, -0.05) is 18.2 Å². The first-order chi connectivity index (χ1) is 8.38. The number of carbonyl (C=O) groups is 1. The molecule has 0 fully saturated rings. The Kier molecular flexibility index (Phi) is 4.98. The fraction of sp³-hybridized carbons (Fsp3) is 0.364. The molecule has 0 aliphatic rings. The molecule has 0 heterocycles. The molecule has 0 saturated heterocycles. The smallest absolute Gasteiger partial charge is 0.416 e. The van der Waals surface area contributed by atoms with Gasteiger partial charge in [0.05, 0.1) is 12.2 Å². The summed E-state index contributed by atoms with van der Waals surface area (Å²) in [6, 6.07) is 4.41. The summed E-state index contributed by atoms with van der Waals surface area (Å²) in [5.74, 6) is -1.49. The molecule has 1 aromatic rings. The second-order valence-electron chi connectivity index (χ2n) is 3.36. The van der Waals surface area contributed by atoms with Crippen LogP contribution in [0.15, 0.2) is 24.3 Å². The van der Waals surface area contributed by atoms with Gasteiger partial charge in [0.15, 0.2) is 6.10 Å². The van der Waals surface area contributed by atoms with Crippen LogP contribution < -0.4 is 0 Å². The Morgan fingerprint density at radius 3 is 2.50 bits per heavy atom. The van der Waals surface area contributed by atoms with Gasteiger partial charge in [-0.05, 0) is 6.07 Å². The predicted octanol–water partition coefficient (Wildman–Crippen LogP) is 3.09. The lowest BCUT2D eigenvalue weighted by Gasteiger charge is -2.18. The van der Waals surface area contributed by atoms with Crippen LogP contribution in [0.3, 0.4) is 0 Å². The van der Waals surface area contributed by atoms with Crippen molar-refractivity contribution >= 4 is 17.6 Å². The van der Waals surface area contributed by atoms with Crippen LogP contribution in [0.1, 0.15) is 17.2 Å². The Morgan fingerprint density at radius 2 is 2.00 bits per heavy atom. The quantitative estimate of drug-likeness (QED) is 0.844. The first-order valence-electron chi connectivity index (χ1n) is 4.94. The fourth-order valence-electron chi connectivity index (χ4n) is 1.44. The van der Waals surface area contributed by atoms with Crippen LogP contribution in [0.2, 0.25) is 0 Å². The standard InChI is InChI=1S/C11H10ClF3O3/c12-5-6-18-9(10(16)17)7-3-1-2-4-8(7)11(13,14)15/h1-4,9H,5-6H2,(H,16,17). The van der Waals surface area contributed by atoms with E-state index < -0.39 is 29.4 Å². The van der Waals surface area contributed by atoms with E-state index in [2.05, 4.69) is 0 Å². The molecule has 1 aromatic carbocycles. The van der Waals surface area contributed by atoms with Gasteiger partial charge < -0.3 is 9.84 Å². The number of carboxylic acids is 1. The SMILES string of the molecule is O=C(O)C(OCCCl)c1ccccc1C(F)(F)F. The minimum atomic E-state index is -4.63.